The molecule has 1 fully saturated rings. The summed E-state index contributed by atoms with van der Waals surface area (Å²) in [6.45, 7) is 6.40. The molecule has 1 amide bonds. The molecule has 0 atom stereocenters. The predicted molar refractivity (Wildman–Crippen MR) is 130 cm³/mol. The van der Waals surface area contributed by atoms with Crippen LogP contribution in [0.4, 0.5) is 20.7 Å². The lowest BCUT2D eigenvalue weighted by molar-refractivity contribution is 0.0120. The molecule has 0 spiro atoms. The Labute approximate surface area is 209 Å². The molecule has 12 heteroatoms. The molecule has 1 aliphatic heterocycles. The molecule has 1 N–H and O–H groups in total. The SMILES string of the molecule is COc1c(Nc2ccc(S(=O)(=O)C3=CC3)cc2F)ncnc1OC1CCN(C(=O)OC(C)(C)C)CC1. The lowest BCUT2D eigenvalue weighted by Crippen LogP contribution is -2.44. The summed E-state index contributed by atoms with van der Waals surface area (Å²) in [5.74, 6) is -0.250. The van der Waals surface area contributed by atoms with Crippen molar-refractivity contribution in [3.8, 4) is 11.6 Å². The summed E-state index contributed by atoms with van der Waals surface area (Å²) in [5.41, 5.74) is -0.544. The largest absolute Gasteiger partial charge is 0.489 e. The number of nitrogens with one attached hydrogen (secondary N) is 1. The van der Waals surface area contributed by atoms with Gasteiger partial charge < -0.3 is 24.4 Å². The number of rotatable bonds is 7. The van der Waals surface area contributed by atoms with E-state index in [1.807, 2.05) is 20.8 Å². The monoisotopic (exact) mass is 520 g/mol. The minimum absolute atomic E-state index is 0.0207. The highest BCUT2D eigenvalue weighted by molar-refractivity contribution is 7.95. The highest BCUT2D eigenvalue weighted by atomic mass is 32.2. The summed E-state index contributed by atoms with van der Waals surface area (Å²) in [7, 11) is -2.23. The zero-order valence-electron chi connectivity index (χ0n) is 20.6. The number of methoxy groups -OCH3 is 1. The van der Waals surface area contributed by atoms with E-state index in [1.54, 1.807) is 11.0 Å². The first-order chi connectivity index (χ1) is 17.0. The number of anilines is 2. The van der Waals surface area contributed by atoms with E-state index in [1.165, 1.54) is 25.6 Å². The molecule has 0 radical (unpaired) electrons. The molecule has 1 aromatic heterocycles. The molecule has 0 unspecified atom stereocenters. The van der Waals surface area contributed by atoms with E-state index < -0.39 is 21.3 Å². The van der Waals surface area contributed by atoms with Gasteiger partial charge >= 0.3 is 6.09 Å². The topological polar surface area (TPSA) is 120 Å². The number of halogens is 1. The number of carbonyl (C=O) groups excluding carboxylic acids is 1. The molecule has 4 rings (SSSR count). The van der Waals surface area contributed by atoms with Crippen LogP contribution in [0.2, 0.25) is 0 Å². The summed E-state index contributed by atoms with van der Waals surface area (Å²) in [5, 5.41) is 2.83. The lowest BCUT2D eigenvalue weighted by atomic mass is 10.1. The lowest BCUT2D eigenvalue weighted by Gasteiger charge is -2.33. The van der Waals surface area contributed by atoms with Crippen molar-refractivity contribution in [2.75, 3.05) is 25.5 Å². The van der Waals surface area contributed by atoms with Gasteiger partial charge in [0.15, 0.2) is 5.82 Å². The van der Waals surface area contributed by atoms with Gasteiger partial charge in [0.05, 0.1) is 17.7 Å². The Morgan fingerprint density at radius 1 is 1.19 bits per heavy atom. The van der Waals surface area contributed by atoms with Crippen molar-refractivity contribution in [1.29, 1.82) is 0 Å². The summed E-state index contributed by atoms with van der Waals surface area (Å²) < 4.78 is 56.3. The second-order valence-electron chi connectivity index (χ2n) is 9.49. The van der Waals surface area contributed by atoms with Gasteiger partial charge in [0.2, 0.25) is 15.6 Å². The third kappa shape index (κ3) is 5.86. The van der Waals surface area contributed by atoms with Gasteiger partial charge in [-0.3, -0.25) is 0 Å². The number of allylic oxidation sites excluding steroid dienone is 2. The minimum atomic E-state index is -3.64. The minimum Gasteiger partial charge on any atom is -0.489 e. The maximum atomic E-state index is 14.8. The Morgan fingerprint density at radius 2 is 1.89 bits per heavy atom. The standard InChI is InChI=1S/C24H29FN4O6S/c1-24(2,3)35-23(30)29-11-9-15(10-12-29)34-22-20(33-4)21(26-14-27-22)28-19-8-7-17(13-18(19)25)36(31,32)16-5-6-16/h5,7-8,13-15H,6,9-12H2,1-4H3,(H,26,27,28). The van der Waals surface area contributed by atoms with Crippen molar-refractivity contribution in [2.24, 2.45) is 0 Å². The zero-order valence-corrected chi connectivity index (χ0v) is 21.4. The van der Waals surface area contributed by atoms with E-state index in [2.05, 4.69) is 15.3 Å². The van der Waals surface area contributed by atoms with Crippen LogP contribution in [0, 0.1) is 5.82 Å². The van der Waals surface area contributed by atoms with Crippen molar-refractivity contribution in [3.05, 3.63) is 41.3 Å². The number of benzene rings is 1. The van der Waals surface area contributed by atoms with Gasteiger partial charge in [-0.1, -0.05) is 6.08 Å². The van der Waals surface area contributed by atoms with Gasteiger partial charge in [0.1, 0.15) is 23.8 Å². The number of carbonyl (C=O) groups is 1. The normalized spacial score (nSPS) is 16.2. The Hall–Kier alpha value is -3.41. The number of likely N-dealkylation sites (tertiary alicyclic amines) is 1. The molecule has 0 bridgehead atoms. The average Bonchev–Trinajstić information content (AvgIpc) is 3.66. The Bertz CT molecular complexity index is 1280. The quantitative estimate of drug-likeness (QED) is 0.572. The summed E-state index contributed by atoms with van der Waals surface area (Å²) in [6, 6.07) is 3.64. The van der Waals surface area contributed by atoms with Gasteiger partial charge in [0, 0.05) is 37.3 Å². The number of aromatic nitrogens is 2. The van der Waals surface area contributed by atoms with Crippen molar-refractivity contribution >= 4 is 27.4 Å². The molecular weight excluding hydrogens is 491 g/mol. The van der Waals surface area contributed by atoms with Crippen LogP contribution < -0.4 is 14.8 Å². The van der Waals surface area contributed by atoms with Crippen molar-refractivity contribution in [2.45, 2.75) is 56.6 Å². The molecule has 2 aliphatic rings. The van der Waals surface area contributed by atoms with Gasteiger partial charge in [-0.15, -0.1) is 0 Å². The van der Waals surface area contributed by atoms with Gasteiger partial charge in [-0.25, -0.2) is 22.6 Å². The number of hydrogen-bond acceptors (Lipinski definition) is 9. The number of piperidine rings is 1. The second-order valence-corrected chi connectivity index (χ2v) is 11.5. The molecule has 2 heterocycles. The molecule has 1 aromatic carbocycles. The smallest absolute Gasteiger partial charge is 0.410 e. The van der Waals surface area contributed by atoms with Gasteiger partial charge in [-0.2, -0.15) is 4.98 Å². The molecule has 0 saturated carbocycles. The molecule has 36 heavy (non-hydrogen) atoms. The van der Waals surface area contributed by atoms with Crippen LogP contribution >= 0.6 is 0 Å². The fourth-order valence-corrected chi connectivity index (χ4v) is 4.99. The molecule has 2 aromatic rings. The van der Waals surface area contributed by atoms with E-state index in [9.17, 15) is 17.6 Å². The number of hydrogen-bond donors (Lipinski definition) is 1. The molecule has 10 nitrogen and oxygen atoms in total. The number of sulfone groups is 1. The third-order valence-corrected chi connectivity index (χ3v) is 7.47. The van der Waals surface area contributed by atoms with Crippen LogP contribution in [0.25, 0.3) is 0 Å². The Morgan fingerprint density at radius 3 is 2.47 bits per heavy atom. The van der Waals surface area contributed by atoms with Crippen LogP contribution in [0.5, 0.6) is 11.6 Å². The first-order valence-electron chi connectivity index (χ1n) is 11.5. The van der Waals surface area contributed by atoms with Gasteiger partial charge in [-0.05, 0) is 39.0 Å². The molecule has 1 aliphatic carbocycles. The van der Waals surface area contributed by atoms with Crippen LogP contribution in [-0.4, -0.2) is 61.3 Å². The predicted octanol–water partition coefficient (Wildman–Crippen LogP) is 4.21. The third-order valence-electron chi connectivity index (χ3n) is 5.57. The first-order valence-corrected chi connectivity index (χ1v) is 13.0. The van der Waals surface area contributed by atoms with Gasteiger partial charge in [0.25, 0.3) is 5.88 Å². The molecule has 1 saturated heterocycles. The van der Waals surface area contributed by atoms with Crippen molar-refractivity contribution < 1.29 is 31.8 Å². The van der Waals surface area contributed by atoms with E-state index in [0.717, 1.165) is 6.07 Å². The fraction of sp³-hybridized carbons (Fsp3) is 0.458. The Kier molecular flexibility index (Phi) is 7.07. The summed E-state index contributed by atoms with van der Waals surface area (Å²) >= 11 is 0. The van der Waals surface area contributed by atoms with Crippen molar-refractivity contribution in [1.82, 2.24) is 14.9 Å². The number of ether oxygens (including phenoxy) is 3. The van der Waals surface area contributed by atoms with Crippen LogP contribution in [0.15, 0.2) is 40.4 Å². The zero-order chi connectivity index (χ0) is 26.1. The maximum absolute atomic E-state index is 14.8. The van der Waals surface area contributed by atoms with Crippen LogP contribution in [0.1, 0.15) is 40.0 Å². The maximum Gasteiger partial charge on any atom is 0.410 e. The highest BCUT2D eigenvalue weighted by Gasteiger charge is 2.30. The van der Waals surface area contributed by atoms with Crippen LogP contribution in [0.3, 0.4) is 0 Å². The molecule has 194 valence electrons. The summed E-state index contributed by atoms with van der Waals surface area (Å²) in [4.78, 5) is 22.4. The fourth-order valence-electron chi connectivity index (χ4n) is 3.66. The second kappa shape index (κ2) is 9.92. The van der Waals surface area contributed by atoms with E-state index >= 15 is 0 Å². The number of amides is 1. The molecular formula is C24H29FN4O6S. The first kappa shape index (κ1) is 25.7. The van der Waals surface area contributed by atoms with Crippen LogP contribution in [-0.2, 0) is 14.6 Å². The van der Waals surface area contributed by atoms with Crippen molar-refractivity contribution in [3.63, 3.8) is 0 Å². The highest BCUT2D eigenvalue weighted by Crippen LogP contribution is 2.36. The Balaban J connectivity index is 1.44. The van der Waals surface area contributed by atoms with E-state index in [0.29, 0.717) is 37.3 Å². The van der Waals surface area contributed by atoms with E-state index in [4.69, 9.17) is 14.2 Å². The van der Waals surface area contributed by atoms with E-state index in [-0.39, 0.29) is 40.2 Å². The summed E-state index contributed by atoms with van der Waals surface area (Å²) in [6.07, 6.45) is 3.78. The number of nitrogens with zero attached hydrogens (tertiary/aromatic N) is 3. The average molecular weight is 521 g/mol.